The molecule has 0 atom stereocenters. The molecule has 2 aromatic carbocycles. The number of nitrogen functional groups attached to an aromatic ring is 1. The average molecular weight is 557 g/mol. The monoisotopic (exact) mass is 556 g/mol. The Bertz CT molecular complexity index is 1880. The van der Waals surface area contributed by atoms with E-state index in [4.69, 9.17) is 10.5 Å². The van der Waals surface area contributed by atoms with Gasteiger partial charge in [-0.05, 0) is 36.8 Å². The number of fused-ring (bicyclic) bond motifs is 1. The van der Waals surface area contributed by atoms with Crippen molar-refractivity contribution in [1.29, 1.82) is 0 Å². The summed E-state index contributed by atoms with van der Waals surface area (Å²) in [4.78, 5) is 20.1. The van der Waals surface area contributed by atoms with Crippen molar-refractivity contribution >= 4 is 38.2 Å². The summed E-state index contributed by atoms with van der Waals surface area (Å²) in [5, 5.41) is 4.58. The molecule has 0 spiro atoms. The first-order chi connectivity index (χ1) is 18.4. The fourth-order valence-electron chi connectivity index (χ4n) is 3.90. The Morgan fingerprint density at radius 3 is 2.59 bits per heavy atom. The Hall–Kier alpha value is -4.85. The fraction of sp³-hybridized carbons (Fsp3) is 0.0800. The Morgan fingerprint density at radius 1 is 1.10 bits per heavy atom. The topological polar surface area (TPSA) is 145 Å². The molecule has 200 valence electrons. The molecule has 39 heavy (non-hydrogen) atoms. The first-order valence-corrected chi connectivity index (χ1v) is 13.1. The standard InChI is InChI=1S/C25H19F3N6O4S/c1-12-6-22(38-21-5-3-4-15(26)23(21)28)30-11-20(12)34-25(29)14(10-31-34)24(35)19-8-13-7-18(33-39(2,36)37)16(27)9-17(13)32-19/h3-11,32-33H,29H2,1-2H3. The van der Waals surface area contributed by atoms with Crippen molar-refractivity contribution in [3.8, 4) is 17.3 Å². The molecular formula is C25H19F3N6O4S. The van der Waals surface area contributed by atoms with Gasteiger partial charge in [0.15, 0.2) is 11.6 Å². The van der Waals surface area contributed by atoms with Gasteiger partial charge in [0.1, 0.15) is 11.6 Å². The molecule has 14 heteroatoms. The van der Waals surface area contributed by atoms with E-state index in [9.17, 15) is 26.4 Å². The SMILES string of the molecule is Cc1cc(Oc2cccc(F)c2F)ncc1-n1ncc(C(=O)c2cc3cc(NS(C)(=O)=O)c(F)cc3[nH]2)c1N. The summed E-state index contributed by atoms with van der Waals surface area (Å²) in [5.41, 5.74) is 7.30. The summed E-state index contributed by atoms with van der Waals surface area (Å²) < 4.78 is 73.5. The van der Waals surface area contributed by atoms with Gasteiger partial charge in [0.2, 0.25) is 27.5 Å². The van der Waals surface area contributed by atoms with Crippen LogP contribution in [0.25, 0.3) is 16.6 Å². The number of rotatable bonds is 7. The van der Waals surface area contributed by atoms with Crippen LogP contribution in [-0.4, -0.2) is 40.2 Å². The number of ether oxygens (including phenoxy) is 1. The van der Waals surface area contributed by atoms with Gasteiger partial charge >= 0.3 is 0 Å². The van der Waals surface area contributed by atoms with Crippen LogP contribution in [0.2, 0.25) is 0 Å². The van der Waals surface area contributed by atoms with E-state index >= 15 is 0 Å². The van der Waals surface area contributed by atoms with Crippen molar-refractivity contribution in [2.45, 2.75) is 6.92 Å². The Labute approximate surface area is 219 Å². The van der Waals surface area contributed by atoms with Gasteiger partial charge in [-0.25, -0.2) is 26.9 Å². The quantitative estimate of drug-likeness (QED) is 0.251. The van der Waals surface area contributed by atoms with Crippen molar-refractivity contribution in [3.05, 3.63) is 89.1 Å². The first-order valence-electron chi connectivity index (χ1n) is 11.2. The largest absolute Gasteiger partial charge is 0.436 e. The fourth-order valence-corrected chi connectivity index (χ4v) is 4.46. The number of aromatic nitrogens is 4. The van der Waals surface area contributed by atoms with Crippen LogP contribution in [0.15, 0.2) is 54.9 Å². The van der Waals surface area contributed by atoms with Crippen LogP contribution < -0.4 is 15.2 Å². The molecule has 3 aromatic heterocycles. The molecule has 0 amide bonds. The number of halogens is 3. The molecule has 5 rings (SSSR count). The minimum atomic E-state index is -3.72. The van der Waals surface area contributed by atoms with Crippen LogP contribution in [0.4, 0.5) is 24.7 Å². The van der Waals surface area contributed by atoms with Gasteiger partial charge < -0.3 is 15.5 Å². The van der Waals surface area contributed by atoms with Crippen molar-refractivity contribution in [2.75, 3.05) is 16.7 Å². The Kier molecular flexibility index (Phi) is 6.26. The summed E-state index contributed by atoms with van der Waals surface area (Å²) in [6.07, 6.45) is 3.50. The van der Waals surface area contributed by atoms with Crippen molar-refractivity contribution in [2.24, 2.45) is 0 Å². The summed E-state index contributed by atoms with van der Waals surface area (Å²) in [6.45, 7) is 1.68. The zero-order valence-electron chi connectivity index (χ0n) is 20.3. The number of H-pyrrole nitrogens is 1. The van der Waals surface area contributed by atoms with Gasteiger partial charge in [0.25, 0.3) is 0 Å². The van der Waals surface area contributed by atoms with Crippen LogP contribution in [0.1, 0.15) is 21.6 Å². The highest BCUT2D eigenvalue weighted by Crippen LogP contribution is 2.29. The number of sulfonamides is 1. The van der Waals surface area contributed by atoms with E-state index in [0.29, 0.717) is 16.6 Å². The first kappa shape index (κ1) is 25.8. The van der Waals surface area contributed by atoms with Crippen LogP contribution in [0.3, 0.4) is 0 Å². The van der Waals surface area contributed by atoms with Gasteiger partial charge in [-0.15, -0.1) is 0 Å². The molecule has 0 unspecified atom stereocenters. The van der Waals surface area contributed by atoms with E-state index in [-0.39, 0.29) is 39.9 Å². The third kappa shape index (κ3) is 5.01. The minimum absolute atomic E-state index is 0.00202. The zero-order valence-corrected chi connectivity index (χ0v) is 21.1. The van der Waals surface area contributed by atoms with E-state index in [1.54, 1.807) is 6.92 Å². The lowest BCUT2D eigenvalue weighted by molar-refractivity contribution is 0.103. The molecule has 0 aliphatic heterocycles. The molecule has 0 aliphatic carbocycles. The molecule has 0 saturated heterocycles. The number of hydrogen-bond donors (Lipinski definition) is 3. The molecular weight excluding hydrogens is 537 g/mol. The number of nitrogens with one attached hydrogen (secondary N) is 2. The average Bonchev–Trinajstić information content (AvgIpc) is 3.44. The van der Waals surface area contributed by atoms with E-state index in [2.05, 4.69) is 19.8 Å². The number of ketones is 1. The lowest BCUT2D eigenvalue weighted by atomic mass is 10.1. The molecule has 5 aromatic rings. The molecule has 0 saturated carbocycles. The van der Waals surface area contributed by atoms with Crippen molar-refractivity contribution < 1.29 is 31.1 Å². The lowest BCUT2D eigenvalue weighted by Gasteiger charge is -2.11. The van der Waals surface area contributed by atoms with E-state index in [1.165, 1.54) is 47.4 Å². The number of aromatic amines is 1. The molecule has 0 radical (unpaired) electrons. The maximum Gasteiger partial charge on any atom is 0.229 e. The highest BCUT2D eigenvalue weighted by atomic mass is 32.2. The zero-order chi connectivity index (χ0) is 28.1. The number of nitrogens with zero attached hydrogens (tertiary/aromatic N) is 3. The van der Waals surface area contributed by atoms with Gasteiger partial charge in [0.05, 0.1) is 41.3 Å². The summed E-state index contributed by atoms with van der Waals surface area (Å²) >= 11 is 0. The number of carbonyl (C=O) groups excluding carboxylic acids is 1. The molecule has 4 N–H and O–H groups in total. The third-order valence-electron chi connectivity index (χ3n) is 5.72. The normalized spacial score (nSPS) is 11.6. The van der Waals surface area contributed by atoms with Crippen LogP contribution in [0, 0.1) is 24.4 Å². The maximum absolute atomic E-state index is 14.3. The number of pyridine rings is 1. The predicted molar refractivity (Wildman–Crippen MR) is 137 cm³/mol. The molecule has 0 bridgehead atoms. The van der Waals surface area contributed by atoms with Gasteiger partial charge in [0, 0.05) is 23.0 Å². The number of aryl methyl sites for hydroxylation is 1. The van der Waals surface area contributed by atoms with Crippen LogP contribution >= 0.6 is 0 Å². The molecule has 10 nitrogen and oxygen atoms in total. The highest BCUT2D eigenvalue weighted by molar-refractivity contribution is 7.92. The third-order valence-corrected chi connectivity index (χ3v) is 6.31. The number of anilines is 2. The van der Waals surface area contributed by atoms with E-state index in [1.807, 2.05) is 0 Å². The molecule has 0 aliphatic rings. The summed E-state index contributed by atoms with van der Waals surface area (Å²) in [7, 11) is -3.72. The summed E-state index contributed by atoms with van der Waals surface area (Å²) in [5.74, 6) is -3.93. The van der Waals surface area contributed by atoms with Crippen LogP contribution in [0.5, 0.6) is 11.6 Å². The number of nitrogens with two attached hydrogens (primary N) is 1. The van der Waals surface area contributed by atoms with Gasteiger partial charge in [-0.3, -0.25) is 9.52 Å². The second kappa shape index (κ2) is 9.47. The van der Waals surface area contributed by atoms with Crippen molar-refractivity contribution in [3.63, 3.8) is 0 Å². The van der Waals surface area contributed by atoms with Gasteiger partial charge in [-0.1, -0.05) is 6.07 Å². The number of carbonyl (C=O) groups is 1. The highest BCUT2D eigenvalue weighted by Gasteiger charge is 2.22. The van der Waals surface area contributed by atoms with Gasteiger partial charge in [-0.2, -0.15) is 9.49 Å². The second-order valence-electron chi connectivity index (χ2n) is 8.62. The number of benzene rings is 2. The van der Waals surface area contributed by atoms with Crippen molar-refractivity contribution in [1.82, 2.24) is 19.7 Å². The minimum Gasteiger partial charge on any atom is -0.436 e. The Morgan fingerprint density at radius 2 is 1.87 bits per heavy atom. The number of hydrogen-bond acceptors (Lipinski definition) is 7. The molecule has 3 heterocycles. The smallest absolute Gasteiger partial charge is 0.229 e. The van der Waals surface area contributed by atoms with Crippen LogP contribution in [-0.2, 0) is 10.0 Å². The van der Waals surface area contributed by atoms with E-state index in [0.717, 1.165) is 18.4 Å². The Balaban J connectivity index is 1.43. The maximum atomic E-state index is 14.3. The predicted octanol–water partition coefficient (Wildman–Crippen LogP) is 4.45. The second-order valence-corrected chi connectivity index (χ2v) is 10.4. The van der Waals surface area contributed by atoms with E-state index < -0.39 is 33.3 Å². The lowest BCUT2D eigenvalue weighted by Crippen LogP contribution is -2.10. The summed E-state index contributed by atoms with van der Waals surface area (Å²) in [6, 6.07) is 8.76. The molecule has 0 fully saturated rings.